The molecule has 0 bridgehead atoms. The highest BCUT2D eigenvalue weighted by Crippen LogP contribution is 2.43. The minimum Gasteiger partial charge on any atom is -0.325 e. The van der Waals surface area contributed by atoms with Gasteiger partial charge in [-0.25, -0.2) is 0 Å². The third-order valence-electron chi connectivity index (χ3n) is 4.90. The van der Waals surface area contributed by atoms with Gasteiger partial charge in [0.1, 0.15) is 6.07 Å². The van der Waals surface area contributed by atoms with Crippen molar-refractivity contribution in [2.24, 2.45) is 11.8 Å². The number of nitrogens with one attached hydrogen (secondary N) is 1. The predicted octanol–water partition coefficient (Wildman–Crippen LogP) is 2.72. The lowest BCUT2D eigenvalue weighted by Crippen LogP contribution is -2.32. The van der Waals surface area contributed by atoms with Crippen LogP contribution in [0.4, 0.5) is 11.4 Å². The molecule has 0 radical (unpaired) electrons. The van der Waals surface area contributed by atoms with Crippen molar-refractivity contribution >= 4 is 23.2 Å². The summed E-state index contributed by atoms with van der Waals surface area (Å²) >= 11 is 0. The summed E-state index contributed by atoms with van der Waals surface area (Å²) in [5, 5.41) is 11.9. The molecule has 124 valence electrons. The first kappa shape index (κ1) is 15.4. The number of rotatable bonds is 3. The maximum atomic E-state index is 12.8. The highest BCUT2D eigenvalue weighted by molar-refractivity contribution is 6.05. The molecule has 1 saturated carbocycles. The van der Waals surface area contributed by atoms with Gasteiger partial charge in [-0.2, -0.15) is 5.26 Å². The molecular weight excluding hydrogens is 314 g/mol. The molecule has 0 spiro atoms. The lowest BCUT2D eigenvalue weighted by Gasteiger charge is -2.17. The Bertz CT molecular complexity index is 900. The van der Waals surface area contributed by atoms with Gasteiger partial charge in [-0.1, -0.05) is 30.3 Å². The topological polar surface area (TPSA) is 73.2 Å². The van der Waals surface area contributed by atoms with E-state index >= 15 is 0 Å². The fraction of sp³-hybridized carbons (Fsp3) is 0.250. The van der Waals surface area contributed by atoms with Gasteiger partial charge < -0.3 is 10.2 Å². The van der Waals surface area contributed by atoms with E-state index in [1.807, 2.05) is 24.3 Å². The van der Waals surface area contributed by atoms with E-state index in [0.29, 0.717) is 24.2 Å². The molecule has 2 unspecified atom stereocenters. The number of hydrogen-bond acceptors (Lipinski definition) is 3. The number of carbonyl (C=O) groups excluding carboxylic acids is 2. The Labute approximate surface area is 145 Å². The first-order chi connectivity index (χ1) is 12.2. The summed E-state index contributed by atoms with van der Waals surface area (Å²) in [6.07, 6.45) is 1.43. The molecule has 1 N–H and O–H groups in total. The van der Waals surface area contributed by atoms with Gasteiger partial charge in [0.05, 0.1) is 23.1 Å². The van der Waals surface area contributed by atoms with Crippen LogP contribution in [0.25, 0.3) is 0 Å². The second-order valence-corrected chi connectivity index (χ2v) is 6.46. The molecule has 25 heavy (non-hydrogen) atoms. The minimum atomic E-state index is -0.313. The van der Waals surface area contributed by atoms with Gasteiger partial charge >= 0.3 is 0 Å². The maximum absolute atomic E-state index is 12.8. The number of fused-ring (bicyclic) bond motifs is 1. The Morgan fingerprint density at radius 2 is 1.84 bits per heavy atom. The number of nitrogens with zero attached hydrogens (tertiary/aromatic N) is 2. The third-order valence-corrected chi connectivity index (χ3v) is 4.90. The summed E-state index contributed by atoms with van der Waals surface area (Å²) < 4.78 is 0. The zero-order chi connectivity index (χ0) is 17.4. The number of benzene rings is 2. The van der Waals surface area contributed by atoms with Crippen LogP contribution >= 0.6 is 0 Å². The number of amides is 2. The smallest absolute Gasteiger partial charge is 0.230 e. The van der Waals surface area contributed by atoms with E-state index in [4.69, 9.17) is 5.26 Å². The molecule has 2 atom stereocenters. The zero-order valence-corrected chi connectivity index (χ0v) is 13.6. The summed E-state index contributed by atoms with van der Waals surface area (Å²) in [6, 6.07) is 16.9. The Hall–Kier alpha value is -3.13. The van der Waals surface area contributed by atoms with Crippen molar-refractivity contribution in [3.63, 3.8) is 0 Å². The van der Waals surface area contributed by atoms with E-state index in [0.717, 1.165) is 12.1 Å². The van der Waals surface area contributed by atoms with Crippen LogP contribution in [0.3, 0.4) is 0 Å². The minimum absolute atomic E-state index is 0.0265. The summed E-state index contributed by atoms with van der Waals surface area (Å²) in [5.41, 5.74) is 3.07. The number of hydrogen-bond donors (Lipinski definition) is 1. The van der Waals surface area contributed by atoms with Gasteiger partial charge in [0.25, 0.3) is 0 Å². The highest BCUT2D eigenvalue weighted by Gasteiger charge is 2.50. The van der Waals surface area contributed by atoms with Gasteiger partial charge in [-0.3, -0.25) is 9.59 Å². The van der Waals surface area contributed by atoms with Crippen LogP contribution < -0.4 is 10.2 Å². The number of para-hydroxylation sites is 2. The normalized spacial score (nSPS) is 20.5. The monoisotopic (exact) mass is 331 g/mol. The van der Waals surface area contributed by atoms with Crippen LogP contribution in [0, 0.1) is 23.2 Å². The van der Waals surface area contributed by atoms with Gasteiger partial charge in [-0.05, 0) is 36.6 Å². The van der Waals surface area contributed by atoms with Crippen LogP contribution in [-0.4, -0.2) is 18.4 Å². The lowest BCUT2D eigenvalue weighted by molar-refractivity contribution is -0.123. The highest BCUT2D eigenvalue weighted by atomic mass is 16.2. The molecule has 2 aromatic rings. The number of anilines is 2. The second kappa shape index (κ2) is 6.06. The Balaban J connectivity index is 1.43. The molecule has 1 heterocycles. The van der Waals surface area contributed by atoms with Crippen molar-refractivity contribution in [1.29, 1.82) is 5.26 Å². The van der Waals surface area contributed by atoms with Crippen LogP contribution in [0.2, 0.25) is 0 Å². The molecule has 0 aromatic heterocycles. The first-order valence-corrected chi connectivity index (χ1v) is 8.38. The van der Waals surface area contributed by atoms with Crippen molar-refractivity contribution in [3.8, 4) is 6.07 Å². The molecule has 2 amide bonds. The van der Waals surface area contributed by atoms with Crippen LogP contribution in [0.15, 0.2) is 48.5 Å². The largest absolute Gasteiger partial charge is 0.325 e. The molecule has 2 aliphatic rings. The molecule has 5 nitrogen and oxygen atoms in total. The van der Waals surface area contributed by atoms with Crippen molar-refractivity contribution in [3.05, 3.63) is 59.7 Å². The van der Waals surface area contributed by atoms with E-state index in [1.165, 1.54) is 5.56 Å². The molecule has 5 heteroatoms. The van der Waals surface area contributed by atoms with Crippen LogP contribution in [-0.2, 0) is 16.0 Å². The van der Waals surface area contributed by atoms with Gasteiger partial charge in [0.15, 0.2) is 0 Å². The molecule has 0 saturated heterocycles. The third kappa shape index (κ3) is 2.76. The van der Waals surface area contributed by atoms with E-state index in [2.05, 4.69) is 11.4 Å². The summed E-state index contributed by atoms with van der Waals surface area (Å²) in [4.78, 5) is 27.0. The average Bonchev–Trinajstić information content (AvgIpc) is 3.34. The Kier molecular flexibility index (Phi) is 3.73. The van der Waals surface area contributed by atoms with Gasteiger partial charge in [0.2, 0.25) is 11.8 Å². The van der Waals surface area contributed by atoms with Crippen LogP contribution in [0.1, 0.15) is 17.5 Å². The second-order valence-electron chi connectivity index (χ2n) is 6.46. The zero-order valence-electron chi connectivity index (χ0n) is 13.6. The maximum Gasteiger partial charge on any atom is 0.230 e. The Morgan fingerprint density at radius 3 is 2.68 bits per heavy atom. The van der Waals surface area contributed by atoms with Crippen molar-refractivity contribution in [2.45, 2.75) is 12.8 Å². The van der Waals surface area contributed by atoms with Crippen molar-refractivity contribution in [1.82, 2.24) is 0 Å². The van der Waals surface area contributed by atoms with E-state index in [9.17, 15) is 9.59 Å². The lowest BCUT2D eigenvalue weighted by atomic mass is 10.1. The fourth-order valence-corrected chi connectivity index (χ4v) is 3.44. The molecule has 2 aromatic carbocycles. The van der Waals surface area contributed by atoms with E-state index in [-0.39, 0.29) is 23.7 Å². The molecule has 1 fully saturated rings. The van der Waals surface area contributed by atoms with E-state index in [1.54, 1.807) is 29.2 Å². The molecule has 1 aliphatic heterocycles. The Morgan fingerprint density at radius 1 is 1.08 bits per heavy atom. The van der Waals surface area contributed by atoms with Crippen molar-refractivity contribution < 1.29 is 9.59 Å². The predicted molar refractivity (Wildman–Crippen MR) is 93.9 cm³/mol. The SMILES string of the molecule is N#Cc1ccccc1NC(=O)C1CC1C(=O)N1CCc2ccccc21. The fourth-order valence-electron chi connectivity index (χ4n) is 3.44. The molecule has 4 rings (SSSR count). The summed E-state index contributed by atoms with van der Waals surface area (Å²) in [5.74, 6) is -0.736. The summed E-state index contributed by atoms with van der Waals surface area (Å²) in [6.45, 7) is 0.681. The molecule has 1 aliphatic carbocycles. The van der Waals surface area contributed by atoms with Crippen LogP contribution in [0.5, 0.6) is 0 Å². The standard InChI is InChI=1S/C20H17N3O2/c21-12-14-6-1-3-7-17(14)22-19(24)15-11-16(15)20(25)23-10-9-13-5-2-4-8-18(13)23/h1-8,15-16H,9-11H2,(H,22,24). The number of carbonyl (C=O) groups is 2. The summed E-state index contributed by atoms with van der Waals surface area (Å²) in [7, 11) is 0. The number of nitriles is 1. The molecular formula is C20H17N3O2. The van der Waals surface area contributed by atoms with Gasteiger partial charge in [0, 0.05) is 12.2 Å². The first-order valence-electron chi connectivity index (χ1n) is 8.38. The van der Waals surface area contributed by atoms with Gasteiger partial charge in [-0.15, -0.1) is 0 Å². The quantitative estimate of drug-likeness (QED) is 0.940. The average molecular weight is 331 g/mol. The van der Waals surface area contributed by atoms with E-state index < -0.39 is 0 Å². The van der Waals surface area contributed by atoms with Crippen molar-refractivity contribution in [2.75, 3.05) is 16.8 Å².